The Labute approximate surface area is 167 Å². The molecule has 0 bridgehead atoms. The topological polar surface area (TPSA) is 43.4 Å². The van der Waals surface area contributed by atoms with Crippen LogP contribution in [0.4, 0.5) is 13.2 Å². The van der Waals surface area contributed by atoms with Crippen LogP contribution >= 0.6 is 12.4 Å². The van der Waals surface area contributed by atoms with Gasteiger partial charge in [0.15, 0.2) is 11.6 Å². The number of nitrogens with one attached hydrogen (secondary N) is 1. The summed E-state index contributed by atoms with van der Waals surface area (Å²) in [6.07, 6.45) is 3.99. The fraction of sp³-hybridized carbons (Fsp3) is 0.450. The van der Waals surface area contributed by atoms with E-state index in [9.17, 15) is 13.2 Å². The van der Waals surface area contributed by atoms with Gasteiger partial charge >= 0.3 is 0 Å². The summed E-state index contributed by atoms with van der Waals surface area (Å²) in [5.41, 5.74) is 0.709. The minimum absolute atomic E-state index is 0. The van der Waals surface area contributed by atoms with Crippen LogP contribution in [-0.2, 0) is 11.3 Å². The van der Waals surface area contributed by atoms with Gasteiger partial charge in [-0.15, -0.1) is 12.4 Å². The van der Waals surface area contributed by atoms with E-state index in [1.54, 1.807) is 6.07 Å². The Morgan fingerprint density at radius 3 is 2.71 bits per heavy atom. The van der Waals surface area contributed by atoms with E-state index in [2.05, 4.69) is 10.3 Å². The molecule has 0 unspecified atom stereocenters. The summed E-state index contributed by atoms with van der Waals surface area (Å²) in [4.78, 5) is 3.55. The van der Waals surface area contributed by atoms with Gasteiger partial charge in [-0.05, 0) is 37.5 Å². The van der Waals surface area contributed by atoms with Crippen molar-refractivity contribution in [3.8, 4) is 5.75 Å². The second kappa shape index (κ2) is 9.11. The molecule has 2 aromatic rings. The standard InChI is InChI=1S/C20H21F3N2O2.ClH/c21-13-8-16(15-10-18(15)25-14-3-6-26-7-4-14)19(17(22)9-13)27-11-12-2-1-5-24-20(12)23;/h1-2,5,8-9,14-15,18,25H,3-4,6-7,10-11H2;1H/t15-,18+;/m0./s1. The first kappa shape index (κ1) is 20.9. The summed E-state index contributed by atoms with van der Waals surface area (Å²) < 4.78 is 52.8. The highest BCUT2D eigenvalue weighted by Crippen LogP contribution is 2.46. The van der Waals surface area contributed by atoms with Gasteiger partial charge in [-0.1, -0.05) is 0 Å². The Bertz CT molecular complexity index is 818. The summed E-state index contributed by atoms with van der Waals surface area (Å²) in [5.74, 6) is -2.11. The fourth-order valence-corrected chi connectivity index (χ4v) is 3.57. The molecular formula is C20H22ClF3N2O2. The van der Waals surface area contributed by atoms with Crippen molar-refractivity contribution in [3.63, 3.8) is 0 Å². The molecule has 4 nitrogen and oxygen atoms in total. The lowest BCUT2D eigenvalue weighted by molar-refractivity contribution is 0.0774. The van der Waals surface area contributed by atoms with Crippen molar-refractivity contribution in [2.24, 2.45) is 0 Å². The molecule has 2 fully saturated rings. The van der Waals surface area contributed by atoms with Crippen LogP contribution in [-0.4, -0.2) is 30.3 Å². The van der Waals surface area contributed by atoms with E-state index >= 15 is 0 Å². The zero-order chi connectivity index (χ0) is 18.8. The minimum Gasteiger partial charge on any atom is -0.485 e. The summed E-state index contributed by atoms with van der Waals surface area (Å²) in [7, 11) is 0. The van der Waals surface area contributed by atoms with Gasteiger partial charge in [-0.25, -0.2) is 13.8 Å². The number of halogens is 4. The molecule has 1 saturated carbocycles. The molecule has 2 atom stereocenters. The normalized spacial score (nSPS) is 21.8. The predicted octanol–water partition coefficient (Wildman–Crippen LogP) is 4.12. The van der Waals surface area contributed by atoms with Crippen molar-refractivity contribution in [1.29, 1.82) is 0 Å². The number of hydrogen-bond acceptors (Lipinski definition) is 4. The van der Waals surface area contributed by atoms with E-state index in [0.717, 1.165) is 38.5 Å². The van der Waals surface area contributed by atoms with Gasteiger partial charge < -0.3 is 14.8 Å². The number of hydrogen-bond donors (Lipinski definition) is 1. The minimum atomic E-state index is -0.772. The van der Waals surface area contributed by atoms with Crippen LogP contribution in [0.2, 0.25) is 0 Å². The Balaban J connectivity index is 0.00000225. The Morgan fingerprint density at radius 2 is 1.96 bits per heavy atom. The molecule has 1 aliphatic heterocycles. The van der Waals surface area contributed by atoms with Gasteiger partial charge in [0, 0.05) is 54.6 Å². The third-order valence-electron chi connectivity index (χ3n) is 5.11. The number of nitrogens with zero attached hydrogens (tertiary/aromatic N) is 1. The molecule has 0 amide bonds. The van der Waals surface area contributed by atoms with Crippen LogP contribution in [0, 0.1) is 17.6 Å². The molecule has 0 spiro atoms. The monoisotopic (exact) mass is 414 g/mol. The number of ether oxygens (including phenoxy) is 2. The molecule has 1 N–H and O–H groups in total. The zero-order valence-electron chi connectivity index (χ0n) is 15.2. The average molecular weight is 415 g/mol. The number of rotatable bonds is 6. The first-order valence-electron chi connectivity index (χ1n) is 9.16. The van der Waals surface area contributed by atoms with E-state index in [4.69, 9.17) is 9.47 Å². The second-order valence-electron chi connectivity index (χ2n) is 7.05. The maximum Gasteiger partial charge on any atom is 0.219 e. The summed E-state index contributed by atoms with van der Waals surface area (Å²) in [5, 5.41) is 3.54. The molecule has 1 aliphatic carbocycles. The van der Waals surface area contributed by atoms with Gasteiger partial charge in [0.2, 0.25) is 5.95 Å². The van der Waals surface area contributed by atoms with Gasteiger partial charge in [-0.2, -0.15) is 4.39 Å². The molecule has 1 saturated heterocycles. The van der Waals surface area contributed by atoms with Crippen LogP contribution in [0.3, 0.4) is 0 Å². The summed E-state index contributed by atoms with van der Waals surface area (Å²) in [6.45, 7) is 1.30. The van der Waals surface area contributed by atoms with Gasteiger partial charge in [0.05, 0.1) is 0 Å². The molecule has 0 radical (unpaired) electrons. The highest BCUT2D eigenvalue weighted by molar-refractivity contribution is 5.85. The highest BCUT2D eigenvalue weighted by Gasteiger charge is 2.42. The molecule has 4 rings (SSSR count). The van der Waals surface area contributed by atoms with E-state index in [0.29, 0.717) is 11.6 Å². The third-order valence-corrected chi connectivity index (χ3v) is 5.11. The Morgan fingerprint density at radius 1 is 1.18 bits per heavy atom. The number of aromatic nitrogens is 1. The van der Waals surface area contributed by atoms with Gasteiger partial charge in [-0.3, -0.25) is 0 Å². The largest absolute Gasteiger partial charge is 0.485 e. The molecule has 1 aromatic carbocycles. The van der Waals surface area contributed by atoms with Crippen molar-refractivity contribution in [1.82, 2.24) is 10.3 Å². The van der Waals surface area contributed by atoms with Crippen molar-refractivity contribution in [2.45, 2.75) is 43.9 Å². The van der Waals surface area contributed by atoms with Gasteiger partial charge in [0.25, 0.3) is 0 Å². The summed E-state index contributed by atoms with van der Waals surface area (Å²) >= 11 is 0. The molecular weight excluding hydrogens is 393 g/mol. The predicted molar refractivity (Wildman–Crippen MR) is 100 cm³/mol. The quantitative estimate of drug-likeness (QED) is 0.722. The van der Waals surface area contributed by atoms with Crippen LogP contribution in [0.15, 0.2) is 30.5 Å². The smallest absolute Gasteiger partial charge is 0.219 e. The van der Waals surface area contributed by atoms with Crippen LogP contribution < -0.4 is 10.1 Å². The van der Waals surface area contributed by atoms with E-state index in [-0.39, 0.29) is 42.3 Å². The first-order valence-corrected chi connectivity index (χ1v) is 9.16. The molecule has 1 aromatic heterocycles. The first-order chi connectivity index (χ1) is 13.1. The van der Waals surface area contributed by atoms with Crippen LogP contribution in [0.25, 0.3) is 0 Å². The molecule has 152 valence electrons. The van der Waals surface area contributed by atoms with E-state index < -0.39 is 17.6 Å². The molecule has 28 heavy (non-hydrogen) atoms. The maximum atomic E-state index is 14.4. The van der Waals surface area contributed by atoms with Crippen LogP contribution in [0.5, 0.6) is 5.75 Å². The Kier molecular flexibility index (Phi) is 6.80. The summed E-state index contributed by atoms with van der Waals surface area (Å²) in [6, 6.07) is 5.73. The van der Waals surface area contributed by atoms with Crippen molar-refractivity contribution in [3.05, 3.63) is 59.2 Å². The SMILES string of the molecule is Cl.Fc1cc(F)c(OCc2cccnc2F)c([C@@H]2C[C@H]2NC2CCOCC2)c1. The molecule has 2 heterocycles. The lowest BCUT2D eigenvalue weighted by atomic mass is 10.1. The van der Waals surface area contributed by atoms with Crippen LogP contribution in [0.1, 0.15) is 36.3 Å². The maximum absolute atomic E-state index is 14.4. The van der Waals surface area contributed by atoms with E-state index in [1.165, 1.54) is 18.3 Å². The fourth-order valence-electron chi connectivity index (χ4n) is 3.57. The lowest BCUT2D eigenvalue weighted by Crippen LogP contribution is -2.36. The highest BCUT2D eigenvalue weighted by atomic mass is 35.5. The Hall–Kier alpha value is -1.83. The number of pyridine rings is 1. The second-order valence-corrected chi connectivity index (χ2v) is 7.05. The van der Waals surface area contributed by atoms with Crippen molar-refractivity contribution >= 4 is 12.4 Å². The molecule has 2 aliphatic rings. The van der Waals surface area contributed by atoms with Crippen molar-refractivity contribution in [2.75, 3.05) is 13.2 Å². The van der Waals surface area contributed by atoms with E-state index in [1.807, 2.05) is 0 Å². The van der Waals surface area contributed by atoms with Crippen molar-refractivity contribution < 1.29 is 22.6 Å². The average Bonchev–Trinajstić information content (AvgIpc) is 3.41. The lowest BCUT2D eigenvalue weighted by Gasteiger charge is -2.23. The molecule has 8 heteroatoms. The zero-order valence-corrected chi connectivity index (χ0v) is 16.0. The third kappa shape index (κ3) is 4.77. The number of benzene rings is 1. The van der Waals surface area contributed by atoms with Gasteiger partial charge in [0.1, 0.15) is 12.4 Å².